The van der Waals surface area contributed by atoms with Crippen LogP contribution >= 0.6 is 0 Å². The SMILES string of the molecule is CCCc1ccc2c(c1)OC(C)(C)[C@@H]1CCC(C)=C[C@@H]21. The number of fused-ring (bicyclic) bond motifs is 3. The van der Waals surface area contributed by atoms with Gasteiger partial charge in [-0.3, -0.25) is 0 Å². The summed E-state index contributed by atoms with van der Waals surface area (Å²) in [6.45, 7) is 9.01. The lowest BCUT2D eigenvalue weighted by Gasteiger charge is -2.46. The molecule has 108 valence electrons. The fourth-order valence-electron chi connectivity index (χ4n) is 3.90. The number of allylic oxidation sites excluding steroid dienone is 2. The first-order valence-corrected chi connectivity index (χ1v) is 8.00. The lowest BCUT2D eigenvalue weighted by atomic mass is 9.68. The van der Waals surface area contributed by atoms with Crippen LogP contribution in [0.5, 0.6) is 5.75 Å². The van der Waals surface area contributed by atoms with Gasteiger partial charge in [0.05, 0.1) is 0 Å². The molecule has 0 amide bonds. The first kappa shape index (κ1) is 13.7. The summed E-state index contributed by atoms with van der Waals surface area (Å²) in [6.07, 6.45) is 7.28. The molecule has 0 radical (unpaired) electrons. The molecule has 0 bridgehead atoms. The van der Waals surface area contributed by atoms with Gasteiger partial charge in [0, 0.05) is 17.4 Å². The summed E-state index contributed by atoms with van der Waals surface area (Å²) in [7, 11) is 0. The Morgan fingerprint density at radius 2 is 2.10 bits per heavy atom. The van der Waals surface area contributed by atoms with Crippen molar-refractivity contribution in [3.63, 3.8) is 0 Å². The molecule has 0 unspecified atom stereocenters. The average molecular weight is 270 g/mol. The highest BCUT2D eigenvalue weighted by atomic mass is 16.5. The van der Waals surface area contributed by atoms with E-state index in [0.717, 1.165) is 12.2 Å². The topological polar surface area (TPSA) is 9.23 Å². The molecule has 0 N–H and O–H groups in total. The molecule has 1 heteroatoms. The normalized spacial score (nSPS) is 27.1. The van der Waals surface area contributed by atoms with Crippen LogP contribution in [-0.2, 0) is 6.42 Å². The Labute approximate surface area is 123 Å². The van der Waals surface area contributed by atoms with E-state index in [4.69, 9.17) is 4.74 Å². The maximum Gasteiger partial charge on any atom is 0.124 e. The minimum absolute atomic E-state index is 0.0558. The summed E-state index contributed by atoms with van der Waals surface area (Å²) in [5, 5.41) is 0. The molecule has 1 aromatic rings. The van der Waals surface area contributed by atoms with Crippen LogP contribution in [0.1, 0.15) is 64.0 Å². The van der Waals surface area contributed by atoms with E-state index in [1.165, 1.54) is 36.0 Å². The third-order valence-electron chi connectivity index (χ3n) is 4.99. The predicted molar refractivity (Wildman–Crippen MR) is 84.4 cm³/mol. The molecule has 1 heterocycles. The molecule has 2 aliphatic rings. The third-order valence-corrected chi connectivity index (χ3v) is 4.99. The zero-order valence-corrected chi connectivity index (χ0v) is 13.2. The van der Waals surface area contributed by atoms with Crippen LogP contribution in [0.2, 0.25) is 0 Å². The number of rotatable bonds is 2. The minimum atomic E-state index is -0.0558. The molecular formula is C19H26O. The Hall–Kier alpha value is -1.24. The van der Waals surface area contributed by atoms with Crippen molar-refractivity contribution in [1.82, 2.24) is 0 Å². The number of hydrogen-bond donors (Lipinski definition) is 0. The summed E-state index contributed by atoms with van der Waals surface area (Å²) in [4.78, 5) is 0. The third kappa shape index (κ3) is 2.28. The second kappa shape index (κ2) is 4.95. The second-order valence-corrected chi connectivity index (χ2v) is 7.01. The van der Waals surface area contributed by atoms with E-state index >= 15 is 0 Å². The molecule has 3 rings (SSSR count). The Morgan fingerprint density at radius 1 is 1.30 bits per heavy atom. The smallest absolute Gasteiger partial charge is 0.124 e. The molecule has 20 heavy (non-hydrogen) atoms. The molecule has 1 nitrogen and oxygen atoms in total. The number of hydrogen-bond acceptors (Lipinski definition) is 1. The highest BCUT2D eigenvalue weighted by molar-refractivity contribution is 5.46. The maximum atomic E-state index is 6.38. The molecule has 1 aliphatic carbocycles. The van der Waals surface area contributed by atoms with Crippen LogP contribution in [0.15, 0.2) is 29.8 Å². The minimum Gasteiger partial charge on any atom is -0.487 e. The van der Waals surface area contributed by atoms with E-state index in [1.54, 1.807) is 0 Å². The standard InChI is InChI=1S/C19H26O/c1-5-6-14-8-9-15-16-11-13(2)7-10-17(16)19(3,4)20-18(15)12-14/h8-9,11-12,16-17H,5-7,10H2,1-4H3/t16-,17+/m0/s1. The van der Waals surface area contributed by atoms with Crippen LogP contribution in [0.3, 0.4) is 0 Å². The fourth-order valence-corrected chi connectivity index (χ4v) is 3.90. The molecule has 0 fully saturated rings. The maximum absolute atomic E-state index is 6.38. The molecular weight excluding hydrogens is 244 g/mol. The van der Waals surface area contributed by atoms with Crippen molar-refractivity contribution < 1.29 is 4.74 Å². The molecule has 0 saturated heterocycles. The van der Waals surface area contributed by atoms with E-state index < -0.39 is 0 Å². The van der Waals surface area contributed by atoms with Crippen LogP contribution in [0.4, 0.5) is 0 Å². The Morgan fingerprint density at radius 3 is 2.85 bits per heavy atom. The number of benzene rings is 1. The van der Waals surface area contributed by atoms with E-state index in [2.05, 4.69) is 52.0 Å². The molecule has 2 atom stereocenters. The van der Waals surface area contributed by atoms with Crippen molar-refractivity contribution in [3.8, 4) is 5.75 Å². The van der Waals surface area contributed by atoms with Gasteiger partial charge in [-0.1, -0.05) is 37.1 Å². The van der Waals surface area contributed by atoms with Gasteiger partial charge in [0.2, 0.25) is 0 Å². The van der Waals surface area contributed by atoms with Crippen LogP contribution in [0.25, 0.3) is 0 Å². The average Bonchev–Trinajstić information content (AvgIpc) is 2.37. The summed E-state index contributed by atoms with van der Waals surface area (Å²) < 4.78 is 6.38. The quantitative estimate of drug-likeness (QED) is 0.667. The zero-order chi connectivity index (χ0) is 14.3. The van der Waals surface area contributed by atoms with Gasteiger partial charge in [0.15, 0.2) is 0 Å². The van der Waals surface area contributed by atoms with E-state index in [1.807, 2.05) is 0 Å². The van der Waals surface area contributed by atoms with Gasteiger partial charge in [0.25, 0.3) is 0 Å². The Bertz CT molecular complexity index is 539. The van der Waals surface area contributed by atoms with Crippen molar-refractivity contribution in [2.24, 2.45) is 5.92 Å². The second-order valence-electron chi connectivity index (χ2n) is 7.01. The summed E-state index contributed by atoms with van der Waals surface area (Å²) in [6, 6.07) is 6.87. The Kier molecular flexibility index (Phi) is 3.40. The van der Waals surface area contributed by atoms with Gasteiger partial charge >= 0.3 is 0 Å². The summed E-state index contributed by atoms with van der Waals surface area (Å²) >= 11 is 0. The Balaban J connectivity index is 2.06. The first-order valence-electron chi connectivity index (χ1n) is 8.00. The van der Waals surface area contributed by atoms with Gasteiger partial charge in [-0.15, -0.1) is 0 Å². The molecule has 0 saturated carbocycles. The van der Waals surface area contributed by atoms with E-state index in [9.17, 15) is 0 Å². The largest absolute Gasteiger partial charge is 0.487 e. The first-order chi connectivity index (χ1) is 9.51. The zero-order valence-electron chi connectivity index (χ0n) is 13.2. The van der Waals surface area contributed by atoms with E-state index in [-0.39, 0.29) is 5.60 Å². The van der Waals surface area contributed by atoms with Gasteiger partial charge in [0.1, 0.15) is 11.4 Å². The summed E-state index contributed by atoms with van der Waals surface area (Å²) in [5.74, 6) is 2.27. The van der Waals surface area contributed by atoms with Gasteiger partial charge in [-0.05, 0) is 51.7 Å². The molecule has 0 aromatic heterocycles. The van der Waals surface area contributed by atoms with Gasteiger partial charge < -0.3 is 4.74 Å². The lowest BCUT2D eigenvalue weighted by Crippen LogP contribution is -2.45. The highest BCUT2D eigenvalue weighted by Gasteiger charge is 2.43. The van der Waals surface area contributed by atoms with Crippen molar-refractivity contribution in [2.45, 2.75) is 64.9 Å². The fraction of sp³-hybridized carbons (Fsp3) is 0.579. The number of ether oxygens (including phenoxy) is 1. The van der Waals surface area contributed by atoms with Crippen molar-refractivity contribution >= 4 is 0 Å². The van der Waals surface area contributed by atoms with E-state index in [0.29, 0.717) is 11.8 Å². The van der Waals surface area contributed by atoms with Crippen LogP contribution in [0, 0.1) is 5.92 Å². The van der Waals surface area contributed by atoms with Gasteiger partial charge in [-0.2, -0.15) is 0 Å². The van der Waals surface area contributed by atoms with Crippen molar-refractivity contribution in [1.29, 1.82) is 0 Å². The predicted octanol–water partition coefficient (Wildman–Crippen LogP) is 5.25. The molecule has 0 spiro atoms. The van der Waals surface area contributed by atoms with Crippen molar-refractivity contribution in [2.75, 3.05) is 0 Å². The lowest BCUT2D eigenvalue weighted by molar-refractivity contribution is 0.0116. The van der Waals surface area contributed by atoms with Crippen molar-refractivity contribution in [3.05, 3.63) is 41.0 Å². The monoisotopic (exact) mass is 270 g/mol. The molecule has 1 aromatic carbocycles. The summed E-state index contributed by atoms with van der Waals surface area (Å²) in [5.41, 5.74) is 4.28. The molecule has 1 aliphatic heterocycles. The van der Waals surface area contributed by atoms with Crippen LogP contribution in [-0.4, -0.2) is 5.60 Å². The number of aryl methyl sites for hydroxylation is 1. The highest BCUT2D eigenvalue weighted by Crippen LogP contribution is 2.50. The van der Waals surface area contributed by atoms with Crippen LogP contribution < -0.4 is 4.74 Å². The van der Waals surface area contributed by atoms with Gasteiger partial charge in [-0.25, -0.2) is 0 Å².